The maximum Gasteiger partial charge on any atom is 0.305 e. The fourth-order valence-corrected chi connectivity index (χ4v) is 0.921. The van der Waals surface area contributed by atoms with Crippen LogP contribution < -0.4 is 5.32 Å². The molecule has 0 atom stereocenters. The monoisotopic (exact) mass is 202 g/mol. The number of anilines is 1. The Hall–Kier alpha value is -2.60. The molecule has 0 aromatic carbocycles. The summed E-state index contributed by atoms with van der Waals surface area (Å²) in [5, 5.41) is 21.8. The standard InChI is InChI=1S/C9H6N4O2/c1-2-5-11-9-4-3-8(13(14)15)7(6-10)12-9/h1,3-4H,5H2,(H,11,12). The number of terminal acetylenes is 1. The van der Waals surface area contributed by atoms with E-state index in [1.165, 1.54) is 12.1 Å². The average molecular weight is 202 g/mol. The molecule has 0 aliphatic carbocycles. The summed E-state index contributed by atoms with van der Waals surface area (Å²) in [6.45, 7) is 0.246. The summed E-state index contributed by atoms with van der Waals surface area (Å²) >= 11 is 0. The van der Waals surface area contributed by atoms with Crippen LogP contribution in [0, 0.1) is 33.8 Å². The van der Waals surface area contributed by atoms with Gasteiger partial charge in [0.1, 0.15) is 11.9 Å². The first-order valence-corrected chi connectivity index (χ1v) is 3.92. The molecule has 0 saturated heterocycles. The molecule has 1 rings (SSSR count). The van der Waals surface area contributed by atoms with Gasteiger partial charge in [-0.15, -0.1) is 6.42 Å². The zero-order chi connectivity index (χ0) is 11.3. The minimum Gasteiger partial charge on any atom is -0.359 e. The van der Waals surface area contributed by atoms with Gasteiger partial charge >= 0.3 is 5.69 Å². The fourth-order valence-electron chi connectivity index (χ4n) is 0.921. The van der Waals surface area contributed by atoms with E-state index in [2.05, 4.69) is 16.2 Å². The number of nitro groups is 1. The summed E-state index contributed by atoms with van der Waals surface area (Å²) in [4.78, 5) is 13.6. The van der Waals surface area contributed by atoms with Gasteiger partial charge < -0.3 is 5.32 Å². The van der Waals surface area contributed by atoms with Crippen molar-refractivity contribution in [2.45, 2.75) is 0 Å². The number of rotatable bonds is 3. The lowest BCUT2D eigenvalue weighted by molar-refractivity contribution is -0.385. The lowest BCUT2D eigenvalue weighted by Crippen LogP contribution is -2.03. The molecular weight excluding hydrogens is 196 g/mol. The second kappa shape index (κ2) is 4.58. The molecule has 0 spiro atoms. The highest BCUT2D eigenvalue weighted by Gasteiger charge is 2.14. The van der Waals surface area contributed by atoms with Crippen LogP contribution in [0.3, 0.4) is 0 Å². The number of nitrogens with one attached hydrogen (secondary N) is 1. The van der Waals surface area contributed by atoms with Gasteiger partial charge in [0.2, 0.25) is 5.69 Å². The highest BCUT2D eigenvalue weighted by molar-refractivity contribution is 5.50. The number of hydrogen-bond donors (Lipinski definition) is 1. The van der Waals surface area contributed by atoms with E-state index >= 15 is 0 Å². The van der Waals surface area contributed by atoms with Crippen molar-refractivity contribution in [1.82, 2.24) is 4.98 Å². The largest absolute Gasteiger partial charge is 0.359 e. The molecule has 0 bridgehead atoms. The van der Waals surface area contributed by atoms with Gasteiger partial charge in [-0.1, -0.05) is 5.92 Å². The minimum atomic E-state index is -0.656. The van der Waals surface area contributed by atoms with Gasteiger partial charge in [-0.25, -0.2) is 4.98 Å². The van der Waals surface area contributed by atoms with E-state index in [1.807, 2.05) is 0 Å². The van der Waals surface area contributed by atoms with Gasteiger partial charge in [0.25, 0.3) is 0 Å². The Balaban J connectivity index is 3.05. The predicted octanol–water partition coefficient (Wildman–Crippen LogP) is 0.907. The van der Waals surface area contributed by atoms with Gasteiger partial charge in [-0.2, -0.15) is 5.26 Å². The molecule has 0 radical (unpaired) electrons. The van der Waals surface area contributed by atoms with E-state index in [0.717, 1.165) is 0 Å². The van der Waals surface area contributed by atoms with Crippen LogP contribution in [0.2, 0.25) is 0 Å². The molecule has 1 heterocycles. The van der Waals surface area contributed by atoms with Crippen molar-refractivity contribution in [3.63, 3.8) is 0 Å². The van der Waals surface area contributed by atoms with Crippen molar-refractivity contribution >= 4 is 11.5 Å². The Labute approximate surface area is 85.7 Å². The van der Waals surface area contributed by atoms with Crippen LogP contribution in [0.15, 0.2) is 12.1 Å². The highest BCUT2D eigenvalue weighted by atomic mass is 16.6. The Morgan fingerprint density at radius 3 is 2.93 bits per heavy atom. The maximum atomic E-state index is 10.5. The SMILES string of the molecule is C#CCNc1ccc([N+](=O)[O-])c(C#N)n1. The van der Waals surface area contributed by atoms with Crippen LogP contribution in [-0.4, -0.2) is 16.5 Å². The zero-order valence-electron chi connectivity index (χ0n) is 7.60. The molecule has 0 saturated carbocycles. The third-order valence-electron chi connectivity index (χ3n) is 1.55. The quantitative estimate of drug-likeness (QED) is 0.446. The van der Waals surface area contributed by atoms with E-state index in [9.17, 15) is 10.1 Å². The van der Waals surface area contributed by atoms with E-state index in [0.29, 0.717) is 5.82 Å². The number of nitriles is 1. The van der Waals surface area contributed by atoms with Crippen LogP contribution in [0.1, 0.15) is 5.69 Å². The lowest BCUT2D eigenvalue weighted by atomic mass is 10.3. The average Bonchev–Trinajstić information content (AvgIpc) is 2.25. The first-order valence-electron chi connectivity index (χ1n) is 3.92. The molecule has 1 N–H and O–H groups in total. The molecule has 0 amide bonds. The van der Waals surface area contributed by atoms with Gasteiger partial charge in [-0.3, -0.25) is 10.1 Å². The molecule has 0 unspecified atom stereocenters. The fraction of sp³-hybridized carbons (Fsp3) is 0.111. The summed E-state index contributed by atoms with van der Waals surface area (Å²) in [6, 6.07) is 4.26. The third-order valence-corrected chi connectivity index (χ3v) is 1.55. The molecular formula is C9H6N4O2. The van der Waals surface area contributed by atoms with Crippen molar-refractivity contribution in [1.29, 1.82) is 5.26 Å². The van der Waals surface area contributed by atoms with Crippen molar-refractivity contribution in [2.24, 2.45) is 0 Å². The maximum absolute atomic E-state index is 10.5. The van der Waals surface area contributed by atoms with Crippen LogP contribution in [-0.2, 0) is 0 Å². The van der Waals surface area contributed by atoms with Gasteiger partial charge in [0.15, 0.2) is 0 Å². The second-order valence-electron chi connectivity index (χ2n) is 2.49. The molecule has 1 aromatic rings. The Morgan fingerprint density at radius 1 is 1.67 bits per heavy atom. The normalized spacial score (nSPS) is 8.67. The summed E-state index contributed by atoms with van der Waals surface area (Å²) in [6.07, 6.45) is 5.01. The van der Waals surface area contributed by atoms with Crippen molar-refractivity contribution < 1.29 is 4.92 Å². The Kier molecular flexibility index (Phi) is 3.20. The predicted molar refractivity (Wildman–Crippen MR) is 52.9 cm³/mol. The third kappa shape index (κ3) is 2.42. The van der Waals surface area contributed by atoms with Gasteiger partial charge in [0.05, 0.1) is 11.5 Å². The van der Waals surface area contributed by atoms with E-state index in [-0.39, 0.29) is 17.9 Å². The topological polar surface area (TPSA) is 91.9 Å². The highest BCUT2D eigenvalue weighted by Crippen LogP contribution is 2.17. The number of pyridine rings is 1. The van der Waals surface area contributed by atoms with E-state index in [1.54, 1.807) is 6.07 Å². The summed E-state index contributed by atoms with van der Waals surface area (Å²) < 4.78 is 0. The number of nitrogens with zero attached hydrogens (tertiary/aromatic N) is 3. The van der Waals surface area contributed by atoms with Crippen molar-refractivity contribution in [3.8, 4) is 18.4 Å². The molecule has 0 aliphatic rings. The molecule has 74 valence electrons. The van der Waals surface area contributed by atoms with E-state index < -0.39 is 4.92 Å². The lowest BCUT2D eigenvalue weighted by Gasteiger charge is -2.01. The van der Waals surface area contributed by atoms with Crippen molar-refractivity contribution in [3.05, 3.63) is 27.9 Å². The molecule has 6 nitrogen and oxygen atoms in total. The Bertz CT molecular complexity index is 470. The molecule has 1 aromatic heterocycles. The first kappa shape index (κ1) is 10.5. The minimum absolute atomic E-state index is 0.234. The smallest absolute Gasteiger partial charge is 0.305 e. The second-order valence-corrected chi connectivity index (χ2v) is 2.49. The van der Waals surface area contributed by atoms with E-state index in [4.69, 9.17) is 11.7 Å². The van der Waals surface area contributed by atoms with Crippen molar-refractivity contribution in [2.75, 3.05) is 11.9 Å². The van der Waals surface area contributed by atoms with Crippen LogP contribution >= 0.6 is 0 Å². The summed E-state index contributed by atoms with van der Waals surface area (Å²) in [7, 11) is 0. The van der Waals surface area contributed by atoms with Crippen LogP contribution in [0.5, 0.6) is 0 Å². The van der Waals surface area contributed by atoms with Gasteiger partial charge in [-0.05, 0) is 6.07 Å². The zero-order valence-corrected chi connectivity index (χ0v) is 7.60. The van der Waals surface area contributed by atoms with Crippen LogP contribution in [0.25, 0.3) is 0 Å². The number of hydrogen-bond acceptors (Lipinski definition) is 5. The molecule has 6 heteroatoms. The first-order chi connectivity index (χ1) is 7.19. The molecule has 0 aliphatic heterocycles. The van der Waals surface area contributed by atoms with Gasteiger partial charge in [0, 0.05) is 6.07 Å². The molecule has 15 heavy (non-hydrogen) atoms. The Morgan fingerprint density at radius 2 is 2.40 bits per heavy atom. The summed E-state index contributed by atoms with van der Waals surface area (Å²) in [5.74, 6) is 2.67. The number of aromatic nitrogens is 1. The summed E-state index contributed by atoms with van der Waals surface area (Å²) in [5.41, 5.74) is -0.550. The van der Waals surface area contributed by atoms with Crippen LogP contribution in [0.4, 0.5) is 11.5 Å². The molecule has 0 fully saturated rings.